The minimum Gasteiger partial charge on any atom is -0.347 e. The Bertz CT molecular complexity index is 473. The Morgan fingerprint density at radius 2 is 1.88 bits per heavy atom. The van der Waals surface area contributed by atoms with Crippen LogP contribution in [0, 0.1) is 5.82 Å². The van der Waals surface area contributed by atoms with E-state index in [4.69, 9.17) is 0 Å². The second-order valence-electron chi connectivity index (χ2n) is 4.63. The Balaban J connectivity index is 1.96. The molecule has 0 spiro atoms. The van der Waals surface area contributed by atoms with Crippen molar-refractivity contribution < 1.29 is 4.39 Å². The molecule has 2 rings (SSSR count). The van der Waals surface area contributed by atoms with Crippen LogP contribution in [0.15, 0.2) is 30.5 Å². The highest BCUT2D eigenvalue weighted by molar-refractivity contribution is 5.80. The second-order valence-corrected chi connectivity index (χ2v) is 4.63. The van der Waals surface area contributed by atoms with Gasteiger partial charge in [0.15, 0.2) is 0 Å². The fraction of sp³-hybridized carbons (Fsp3) is 0.467. The van der Waals surface area contributed by atoms with Gasteiger partial charge in [-0.15, -0.1) is 0 Å². The van der Waals surface area contributed by atoms with Crippen molar-refractivity contribution in [1.82, 2.24) is 4.57 Å². The molecule has 1 heterocycles. The van der Waals surface area contributed by atoms with Crippen LogP contribution >= 0.6 is 0 Å². The van der Waals surface area contributed by atoms with E-state index < -0.39 is 0 Å². The van der Waals surface area contributed by atoms with Gasteiger partial charge in [-0.05, 0) is 36.1 Å². The molecule has 0 fully saturated rings. The number of halogens is 1. The number of hydrogen-bond donors (Lipinski definition) is 0. The highest BCUT2D eigenvalue weighted by Crippen LogP contribution is 2.18. The molecule has 0 aliphatic rings. The molecule has 1 aromatic heterocycles. The fourth-order valence-corrected chi connectivity index (χ4v) is 2.24. The van der Waals surface area contributed by atoms with Crippen LogP contribution in [0.2, 0.25) is 0 Å². The molecule has 0 saturated heterocycles. The van der Waals surface area contributed by atoms with Crippen LogP contribution in [-0.4, -0.2) is 4.57 Å². The molecule has 0 aliphatic carbocycles. The van der Waals surface area contributed by atoms with E-state index in [-0.39, 0.29) is 5.82 Å². The molecule has 0 saturated carbocycles. The van der Waals surface area contributed by atoms with E-state index in [0.29, 0.717) is 0 Å². The molecule has 0 N–H and O–H groups in total. The molecule has 0 atom stereocenters. The standard InChI is InChI=1S/C15H20FN/c1-2-3-4-5-6-10-17-11-9-13-7-8-14(16)12-15(13)17/h7-9,11-12H,2-6,10H2,1H3. The summed E-state index contributed by atoms with van der Waals surface area (Å²) in [5.74, 6) is -0.150. The van der Waals surface area contributed by atoms with Crippen molar-refractivity contribution in [3.8, 4) is 0 Å². The van der Waals surface area contributed by atoms with Gasteiger partial charge in [0.1, 0.15) is 5.82 Å². The van der Waals surface area contributed by atoms with Crippen molar-refractivity contribution in [2.75, 3.05) is 0 Å². The topological polar surface area (TPSA) is 4.93 Å². The van der Waals surface area contributed by atoms with Gasteiger partial charge in [-0.3, -0.25) is 0 Å². The van der Waals surface area contributed by atoms with Crippen LogP contribution < -0.4 is 0 Å². The molecule has 0 bridgehead atoms. The van der Waals surface area contributed by atoms with Crippen LogP contribution in [0.3, 0.4) is 0 Å². The van der Waals surface area contributed by atoms with E-state index in [1.165, 1.54) is 38.2 Å². The Hall–Kier alpha value is -1.31. The van der Waals surface area contributed by atoms with Gasteiger partial charge in [0.2, 0.25) is 0 Å². The molecular weight excluding hydrogens is 213 g/mol. The molecule has 0 amide bonds. The monoisotopic (exact) mass is 233 g/mol. The summed E-state index contributed by atoms with van der Waals surface area (Å²) in [6.45, 7) is 3.22. The van der Waals surface area contributed by atoms with Crippen LogP contribution in [0.1, 0.15) is 39.0 Å². The predicted octanol–water partition coefficient (Wildman–Crippen LogP) is 4.75. The Kier molecular flexibility index (Phi) is 4.18. The summed E-state index contributed by atoms with van der Waals surface area (Å²) in [6, 6.07) is 7.05. The molecule has 1 aromatic carbocycles. The lowest BCUT2D eigenvalue weighted by Gasteiger charge is -2.05. The van der Waals surface area contributed by atoms with Gasteiger partial charge in [0.05, 0.1) is 5.52 Å². The van der Waals surface area contributed by atoms with Gasteiger partial charge in [-0.2, -0.15) is 0 Å². The Labute approximate surface area is 102 Å². The summed E-state index contributed by atoms with van der Waals surface area (Å²) >= 11 is 0. The van der Waals surface area contributed by atoms with Crippen LogP contribution in [0.4, 0.5) is 4.39 Å². The van der Waals surface area contributed by atoms with Crippen LogP contribution in [0.5, 0.6) is 0 Å². The highest BCUT2D eigenvalue weighted by atomic mass is 19.1. The molecule has 1 nitrogen and oxygen atoms in total. The number of benzene rings is 1. The summed E-state index contributed by atoms with van der Waals surface area (Å²) in [5.41, 5.74) is 1.01. The van der Waals surface area contributed by atoms with Crippen LogP contribution in [0.25, 0.3) is 10.9 Å². The van der Waals surface area contributed by atoms with Crippen molar-refractivity contribution in [2.45, 2.75) is 45.6 Å². The zero-order valence-electron chi connectivity index (χ0n) is 10.5. The van der Waals surface area contributed by atoms with E-state index in [9.17, 15) is 4.39 Å². The number of aryl methyl sites for hydroxylation is 1. The van der Waals surface area contributed by atoms with Crippen molar-refractivity contribution in [1.29, 1.82) is 0 Å². The highest BCUT2D eigenvalue weighted by Gasteiger charge is 2.01. The zero-order chi connectivity index (χ0) is 12.1. The second kappa shape index (κ2) is 5.85. The maximum Gasteiger partial charge on any atom is 0.125 e. The van der Waals surface area contributed by atoms with Crippen LogP contribution in [-0.2, 0) is 6.54 Å². The number of hydrogen-bond acceptors (Lipinski definition) is 0. The average molecular weight is 233 g/mol. The summed E-state index contributed by atoms with van der Waals surface area (Å²) in [6.07, 6.45) is 8.41. The number of fused-ring (bicyclic) bond motifs is 1. The number of aromatic nitrogens is 1. The van der Waals surface area contributed by atoms with Gasteiger partial charge in [0, 0.05) is 12.7 Å². The van der Waals surface area contributed by atoms with Gasteiger partial charge < -0.3 is 4.57 Å². The smallest absolute Gasteiger partial charge is 0.125 e. The van der Waals surface area contributed by atoms with Crippen molar-refractivity contribution in [3.63, 3.8) is 0 Å². The SMILES string of the molecule is CCCCCCCn1ccc2ccc(F)cc21. The molecule has 0 aliphatic heterocycles. The third-order valence-corrected chi connectivity index (χ3v) is 3.24. The van der Waals surface area contributed by atoms with Gasteiger partial charge in [-0.25, -0.2) is 4.39 Å². The van der Waals surface area contributed by atoms with Gasteiger partial charge in [0.25, 0.3) is 0 Å². The summed E-state index contributed by atoms with van der Waals surface area (Å²) in [7, 11) is 0. The first kappa shape index (κ1) is 12.2. The molecule has 2 heteroatoms. The largest absolute Gasteiger partial charge is 0.347 e. The molecule has 92 valence electrons. The summed E-state index contributed by atoms with van der Waals surface area (Å²) < 4.78 is 15.3. The minimum atomic E-state index is -0.150. The van der Waals surface area contributed by atoms with Crippen molar-refractivity contribution in [2.24, 2.45) is 0 Å². The number of unbranched alkanes of at least 4 members (excludes halogenated alkanes) is 4. The van der Waals surface area contributed by atoms with Crippen molar-refractivity contribution >= 4 is 10.9 Å². The first-order valence-corrected chi connectivity index (χ1v) is 6.55. The normalized spacial score (nSPS) is 11.2. The lowest BCUT2D eigenvalue weighted by molar-refractivity contribution is 0.576. The number of nitrogens with zero attached hydrogens (tertiary/aromatic N) is 1. The van der Waals surface area contributed by atoms with Gasteiger partial charge in [-0.1, -0.05) is 32.6 Å². The third-order valence-electron chi connectivity index (χ3n) is 3.24. The molecule has 2 aromatic rings. The molecular formula is C15H20FN. The molecule has 17 heavy (non-hydrogen) atoms. The van der Waals surface area contributed by atoms with E-state index in [1.54, 1.807) is 6.07 Å². The van der Waals surface area contributed by atoms with Crippen molar-refractivity contribution in [3.05, 3.63) is 36.3 Å². The van der Waals surface area contributed by atoms with E-state index in [2.05, 4.69) is 23.8 Å². The average Bonchev–Trinajstić information content (AvgIpc) is 2.72. The maximum absolute atomic E-state index is 13.2. The first-order chi connectivity index (χ1) is 8.31. The van der Waals surface area contributed by atoms with E-state index >= 15 is 0 Å². The summed E-state index contributed by atoms with van der Waals surface area (Å²) in [5, 5.41) is 1.12. The number of rotatable bonds is 6. The maximum atomic E-state index is 13.2. The third kappa shape index (κ3) is 3.09. The predicted molar refractivity (Wildman–Crippen MR) is 70.7 cm³/mol. The Morgan fingerprint density at radius 3 is 2.71 bits per heavy atom. The molecule has 0 radical (unpaired) electrons. The Morgan fingerprint density at radius 1 is 1.06 bits per heavy atom. The summed E-state index contributed by atoms with van der Waals surface area (Å²) in [4.78, 5) is 0. The molecule has 0 unspecified atom stereocenters. The minimum absolute atomic E-state index is 0.150. The quantitative estimate of drug-likeness (QED) is 0.634. The van der Waals surface area contributed by atoms with Gasteiger partial charge >= 0.3 is 0 Å². The van der Waals surface area contributed by atoms with E-state index in [1.807, 2.05) is 6.07 Å². The fourth-order valence-electron chi connectivity index (χ4n) is 2.24. The van der Waals surface area contributed by atoms with E-state index in [0.717, 1.165) is 17.4 Å². The first-order valence-electron chi connectivity index (χ1n) is 6.55. The zero-order valence-corrected chi connectivity index (χ0v) is 10.5. The lowest BCUT2D eigenvalue weighted by Crippen LogP contribution is -1.96. The lowest BCUT2D eigenvalue weighted by atomic mass is 10.1.